The molecular weight excluding hydrogens is 653 g/mol. The quantitative estimate of drug-likeness (QED) is 0.162. The summed E-state index contributed by atoms with van der Waals surface area (Å²) in [5.74, 6) is 0. The number of aromatic nitrogens is 1. The van der Waals surface area contributed by atoms with Gasteiger partial charge in [0.25, 0.3) is 0 Å². The monoisotopic (exact) mass is 688 g/mol. The van der Waals surface area contributed by atoms with Gasteiger partial charge < -0.3 is 9.47 Å². The summed E-state index contributed by atoms with van der Waals surface area (Å²) in [5, 5.41) is 4.97. The van der Waals surface area contributed by atoms with E-state index in [1.807, 2.05) is 0 Å². The van der Waals surface area contributed by atoms with Gasteiger partial charge in [0.1, 0.15) is 0 Å². The molecule has 0 saturated carbocycles. The van der Waals surface area contributed by atoms with E-state index >= 15 is 0 Å². The minimum absolute atomic E-state index is 1.11. The van der Waals surface area contributed by atoms with E-state index in [1.54, 1.807) is 0 Å². The van der Waals surface area contributed by atoms with Gasteiger partial charge in [-0.3, -0.25) is 0 Å². The number of hydrogen-bond donors (Lipinski definition) is 0. The first kappa shape index (κ1) is 31.6. The average Bonchev–Trinajstić information content (AvgIpc) is 3.59. The van der Waals surface area contributed by atoms with Crippen molar-refractivity contribution in [2.45, 2.75) is 0 Å². The Kier molecular flexibility index (Phi) is 7.85. The molecule has 2 heteroatoms. The molecule has 0 amide bonds. The van der Waals surface area contributed by atoms with Crippen molar-refractivity contribution in [1.29, 1.82) is 0 Å². The lowest BCUT2D eigenvalue weighted by molar-refractivity contribution is 1.18. The highest BCUT2D eigenvalue weighted by Gasteiger charge is 2.17. The van der Waals surface area contributed by atoms with Crippen LogP contribution in [0.15, 0.2) is 218 Å². The maximum Gasteiger partial charge on any atom is 0.0547 e. The highest BCUT2D eigenvalue weighted by Crippen LogP contribution is 2.41. The first-order valence-corrected chi connectivity index (χ1v) is 18.5. The molecule has 0 aliphatic carbocycles. The second-order valence-electron chi connectivity index (χ2n) is 13.8. The molecule has 0 N–H and O–H groups in total. The van der Waals surface area contributed by atoms with E-state index in [0.717, 1.165) is 17.1 Å². The Balaban J connectivity index is 0.992. The molecule has 10 rings (SSSR count). The lowest BCUT2D eigenvalue weighted by Crippen LogP contribution is -2.10. The first-order chi connectivity index (χ1) is 26.8. The Hall–Kier alpha value is -7.16. The van der Waals surface area contributed by atoms with Gasteiger partial charge in [-0.25, -0.2) is 0 Å². The van der Waals surface area contributed by atoms with Crippen LogP contribution in [0.5, 0.6) is 0 Å². The number of para-hydroxylation sites is 2. The van der Waals surface area contributed by atoms with Gasteiger partial charge in [-0.1, -0.05) is 164 Å². The molecule has 1 heterocycles. The Labute approximate surface area is 315 Å². The average molecular weight is 689 g/mol. The van der Waals surface area contributed by atoms with Crippen LogP contribution in [0.25, 0.3) is 71.6 Å². The fourth-order valence-corrected chi connectivity index (χ4v) is 7.93. The maximum absolute atomic E-state index is 2.38. The summed E-state index contributed by atoms with van der Waals surface area (Å²) in [5.41, 5.74) is 14.2. The van der Waals surface area contributed by atoms with E-state index in [-0.39, 0.29) is 0 Å². The van der Waals surface area contributed by atoms with Gasteiger partial charge in [0.15, 0.2) is 0 Å². The molecule has 0 unspecified atom stereocenters. The number of benzene rings is 9. The molecule has 0 aliphatic rings. The molecule has 0 radical (unpaired) electrons. The van der Waals surface area contributed by atoms with Crippen molar-refractivity contribution >= 4 is 49.6 Å². The molecule has 2 nitrogen and oxygen atoms in total. The molecule has 1 aromatic heterocycles. The van der Waals surface area contributed by atoms with Crippen LogP contribution < -0.4 is 4.90 Å². The molecule has 0 saturated heterocycles. The van der Waals surface area contributed by atoms with E-state index in [9.17, 15) is 0 Å². The minimum atomic E-state index is 1.11. The standard InChI is InChI=1S/C52H36N2/c1-3-12-37(13-4-1)39-26-31-45(32-27-39)53(50-21-11-15-42-14-7-8-18-47(42)50)46-33-28-40(29-34-46)38-22-24-41(25-23-38)43-30-35-49-48-19-9-10-20-51(48)54(52(49)36-43)44-16-5-2-6-17-44/h1-36H. The summed E-state index contributed by atoms with van der Waals surface area (Å²) in [6.45, 7) is 0. The molecule has 0 fully saturated rings. The molecule has 0 spiro atoms. The van der Waals surface area contributed by atoms with E-state index in [1.165, 1.54) is 71.6 Å². The van der Waals surface area contributed by atoms with Crippen LogP contribution in [0.4, 0.5) is 17.1 Å². The number of anilines is 3. The molecule has 0 bridgehead atoms. The maximum atomic E-state index is 2.38. The van der Waals surface area contributed by atoms with E-state index in [0.29, 0.717) is 0 Å². The Morgan fingerprint density at radius 1 is 0.296 bits per heavy atom. The van der Waals surface area contributed by atoms with Crippen LogP contribution in [0.3, 0.4) is 0 Å². The van der Waals surface area contributed by atoms with E-state index in [2.05, 4.69) is 228 Å². The van der Waals surface area contributed by atoms with Crippen LogP contribution in [0, 0.1) is 0 Å². The summed E-state index contributed by atoms with van der Waals surface area (Å²) < 4.78 is 2.38. The third kappa shape index (κ3) is 5.62. The van der Waals surface area contributed by atoms with Gasteiger partial charge >= 0.3 is 0 Å². The van der Waals surface area contributed by atoms with Crippen molar-refractivity contribution in [3.8, 4) is 39.1 Å². The van der Waals surface area contributed by atoms with Crippen molar-refractivity contribution in [3.63, 3.8) is 0 Å². The van der Waals surface area contributed by atoms with Crippen LogP contribution in [-0.2, 0) is 0 Å². The largest absolute Gasteiger partial charge is 0.310 e. The first-order valence-electron chi connectivity index (χ1n) is 18.5. The van der Waals surface area contributed by atoms with Crippen LogP contribution in [-0.4, -0.2) is 4.57 Å². The zero-order valence-corrected chi connectivity index (χ0v) is 29.7. The highest BCUT2D eigenvalue weighted by atomic mass is 15.1. The van der Waals surface area contributed by atoms with Gasteiger partial charge in [-0.2, -0.15) is 0 Å². The molecule has 0 aliphatic heterocycles. The van der Waals surface area contributed by atoms with Gasteiger partial charge in [0.05, 0.1) is 16.7 Å². The van der Waals surface area contributed by atoms with Gasteiger partial charge in [0, 0.05) is 33.2 Å². The predicted molar refractivity (Wildman–Crippen MR) is 229 cm³/mol. The topological polar surface area (TPSA) is 8.17 Å². The SMILES string of the molecule is c1ccc(-c2ccc(N(c3ccc(-c4ccc(-c5ccc6c7ccccc7n(-c7ccccc7)c6c5)cc4)cc3)c3cccc4ccccc34)cc2)cc1. The Bertz CT molecular complexity index is 2880. The van der Waals surface area contributed by atoms with Crippen LogP contribution in [0.1, 0.15) is 0 Å². The van der Waals surface area contributed by atoms with Gasteiger partial charge in [-0.05, 0) is 93.4 Å². The fourth-order valence-electron chi connectivity index (χ4n) is 7.93. The summed E-state index contributed by atoms with van der Waals surface area (Å²) in [7, 11) is 0. The summed E-state index contributed by atoms with van der Waals surface area (Å²) in [6.07, 6.45) is 0. The van der Waals surface area contributed by atoms with Crippen LogP contribution in [0.2, 0.25) is 0 Å². The number of nitrogens with zero attached hydrogens (tertiary/aromatic N) is 2. The van der Waals surface area contributed by atoms with Gasteiger partial charge in [0.2, 0.25) is 0 Å². The van der Waals surface area contributed by atoms with Crippen molar-refractivity contribution in [1.82, 2.24) is 4.57 Å². The Morgan fingerprint density at radius 2 is 0.759 bits per heavy atom. The van der Waals surface area contributed by atoms with Crippen LogP contribution >= 0.6 is 0 Å². The number of fused-ring (bicyclic) bond motifs is 4. The third-order valence-electron chi connectivity index (χ3n) is 10.6. The second kappa shape index (κ2) is 13.4. The number of rotatable bonds is 7. The van der Waals surface area contributed by atoms with Gasteiger partial charge in [-0.15, -0.1) is 0 Å². The second-order valence-corrected chi connectivity index (χ2v) is 13.8. The molecule has 9 aromatic carbocycles. The highest BCUT2D eigenvalue weighted by molar-refractivity contribution is 6.10. The molecule has 254 valence electrons. The van der Waals surface area contributed by atoms with Crippen molar-refractivity contribution in [2.75, 3.05) is 4.90 Å². The Morgan fingerprint density at radius 3 is 1.43 bits per heavy atom. The molecular formula is C52H36N2. The summed E-state index contributed by atoms with van der Waals surface area (Å²) >= 11 is 0. The minimum Gasteiger partial charge on any atom is -0.310 e. The fraction of sp³-hybridized carbons (Fsp3) is 0. The zero-order valence-electron chi connectivity index (χ0n) is 29.7. The van der Waals surface area contributed by atoms with E-state index < -0.39 is 0 Å². The van der Waals surface area contributed by atoms with Crippen molar-refractivity contribution in [3.05, 3.63) is 218 Å². The van der Waals surface area contributed by atoms with Crippen molar-refractivity contribution in [2.24, 2.45) is 0 Å². The molecule has 0 atom stereocenters. The smallest absolute Gasteiger partial charge is 0.0547 e. The molecule has 10 aromatic rings. The van der Waals surface area contributed by atoms with E-state index in [4.69, 9.17) is 0 Å². The van der Waals surface area contributed by atoms with Crippen molar-refractivity contribution < 1.29 is 0 Å². The predicted octanol–water partition coefficient (Wildman–Crippen LogP) is 14.4. The summed E-state index contributed by atoms with van der Waals surface area (Å²) in [6, 6.07) is 78.8. The normalized spacial score (nSPS) is 11.3. The molecule has 54 heavy (non-hydrogen) atoms. The lowest BCUT2D eigenvalue weighted by atomic mass is 9.99. The summed E-state index contributed by atoms with van der Waals surface area (Å²) in [4.78, 5) is 2.37. The number of hydrogen-bond acceptors (Lipinski definition) is 1. The third-order valence-corrected chi connectivity index (χ3v) is 10.6. The lowest BCUT2D eigenvalue weighted by Gasteiger charge is -2.27. The zero-order chi connectivity index (χ0) is 35.8.